The van der Waals surface area contributed by atoms with Gasteiger partial charge in [0.1, 0.15) is 16.8 Å². The second-order valence-corrected chi connectivity index (χ2v) is 14.6. The van der Waals surface area contributed by atoms with Gasteiger partial charge < -0.3 is 25.5 Å². The van der Waals surface area contributed by atoms with Crippen LogP contribution in [0.4, 0.5) is 11.9 Å². The highest BCUT2D eigenvalue weighted by Gasteiger charge is 2.23. The zero-order valence-corrected chi connectivity index (χ0v) is 34.2. The van der Waals surface area contributed by atoms with Crippen LogP contribution in [0.5, 0.6) is 5.75 Å². The van der Waals surface area contributed by atoms with Crippen LogP contribution in [0.3, 0.4) is 0 Å². The van der Waals surface area contributed by atoms with E-state index in [4.69, 9.17) is 25.9 Å². The predicted molar refractivity (Wildman–Crippen MR) is 222 cm³/mol. The van der Waals surface area contributed by atoms with Gasteiger partial charge in [-0.15, -0.1) is 0 Å². The Morgan fingerprint density at radius 3 is 1.88 bits per heavy atom. The highest BCUT2D eigenvalue weighted by Crippen LogP contribution is 2.32. The van der Waals surface area contributed by atoms with E-state index < -0.39 is 23.6 Å². The number of ether oxygens (including phenoxy) is 2. The number of pyridine rings is 1. The first-order valence-electron chi connectivity index (χ1n) is 20.1. The summed E-state index contributed by atoms with van der Waals surface area (Å²) in [4.78, 5) is 67.7. The first-order valence-corrected chi connectivity index (χ1v) is 20.1. The molecule has 0 unspecified atom stereocenters. The number of nitrogens with one attached hydrogen (secondary N) is 2. The number of hydrogen-bond donors (Lipinski definition) is 4. The van der Waals surface area contributed by atoms with Gasteiger partial charge in [-0.1, -0.05) is 0 Å². The van der Waals surface area contributed by atoms with E-state index in [1.807, 2.05) is 32.3 Å². The number of amides is 4. The molecule has 7 rings (SSSR count). The van der Waals surface area contributed by atoms with Crippen molar-refractivity contribution in [3.63, 3.8) is 0 Å². The number of carbonyl (C=O) groups is 4. The van der Waals surface area contributed by atoms with Gasteiger partial charge >= 0.3 is 0 Å². The molecule has 316 valence electrons. The van der Waals surface area contributed by atoms with Gasteiger partial charge in [-0.05, 0) is 77.3 Å². The number of anilines is 2. The number of hydrogen-bond acceptors (Lipinski definition) is 12. The number of primary amides is 2. The molecular weight excluding hydrogens is 773 g/mol. The number of nitrogens with zero attached hydrogens (tertiary/aromatic N) is 10. The molecule has 4 amide bonds. The van der Waals surface area contributed by atoms with Crippen LogP contribution in [0.15, 0.2) is 36.5 Å². The molecule has 0 radical (unpaired) electrons. The van der Waals surface area contributed by atoms with E-state index in [0.29, 0.717) is 86.8 Å². The smallest absolute Gasteiger partial charge is 0.278 e. The molecular formula is C40H50N14O6. The maximum atomic E-state index is 13.6. The van der Waals surface area contributed by atoms with Crippen molar-refractivity contribution in [1.29, 1.82) is 0 Å². The van der Waals surface area contributed by atoms with Gasteiger partial charge in [0, 0.05) is 69.0 Å². The van der Waals surface area contributed by atoms with Gasteiger partial charge in [-0.2, -0.15) is 10.2 Å². The van der Waals surface area contributed by atoms with E-state index in [2.05, 4.69) is 35.7 Å². The lowest BCUT2D eigenvalue weighted by Crippen LogP contribution is -2.37. The van der Waals surface area contributed by atoms with Crippen LogP contribution in [0.25, 0.3) is 22.2 Å². The lowest BCUT2D eigenvalue weighted by atomic mass is 10.1. The maximum absolute atomic E-state index is 13.6. The van der Waals surface area contributed by atoms with Crippen LogP contribution in [0.1, 0.15) is 86.2 Å². The quantitative estimate of drug-likeness (QED) is 0.0914. The minimum absolute atomic E-state index is 0.180. The molecule has 20 heteroatoms. The molecule has 6 heterocycles. The van der Waals surface area contributed by atoms with E-state index in [-0.39, 0.29) is 34.4 Å². The van der Waals surface area contributed by atoms with Crippen molar-refractivity contribution < 1.29 is 28.7 Å². The van der Waals surface area contributed by atoms with Crippen LogP contribution in [-0.2, 0) is 30.9 Å². The fraction of sp³-hybridized carbons (Fsp3) is 0.425. The van der Waals surface area contributed by atoms with Crippen molar-refractivity contribution in [3.05, 3.63) is 70.4 Å². The molecule has 5 aromatic heterocycles. The Morgan fingerprint density at radius 1 is 0.733 bits per heavy atom. The molecule has 60 heavy (non-hydrogen) atoms. The maximum Gasteiger partial charge on any atom is 0.278 e. The number of imidazole rings is 2. The fourth-order valence-electron chi connectivity index (χ4n) is 7.30. The van der Waals surface area contributed by atoms with Gasteiger partial charge in [0.05, 0.1) is 30.9 Å². The Kier molecular flexibility index (Phi) is 12.5. The molecule has 20 nitrogen and oxygen atoms in total. The molecule has 1 aromatic carbocycles. The number of morpholine rings is 1. The summed E-state index contributed by atoms with van der Waals surface area (Å²) in [5.74, 6) is -1.33. The minimum atomic E-state index is -0.655. The zero-order chi connectivity index (χ0) is 42.5. The molecule has 0 saturated carbocycles. The number of aromatic nitrogens is 9. The van der Waals surface area contributed by atoms with Crippen molar-refractivity contribution in [2.45, 2.75) is 73.1 Å². The lowest BCUT2D eigenvalue weighted by molar-refractivity contribution is 0.0358. The second kappa shape index (κ2) is 18.1. The second-order valence-electron chi connectivity index (χ2n) is 14.6. The molecule has 6 aromatic rings. The molecule has 0 spiro atoms. The third kappa shape index (κ3) is 8.98. The third-order valence-electron chi connectivity index (χ3n) is 10.4. The SMILES string of the molecule is CCn1nc(C(=O)Nc2nc3cc(C(N)=O)cnc3n2CCCCn2c(NC(=O)c3cc(C)n(CC)n3)nc3cc(C(N)=O)cc(OCCCN4CCOCC4)c32)cc1C. The Bertz CT molecular complexity index is 2560. The van der Waals surface area contributed by atoms with E-state index in [1.54, 1.807) is 38.2 Å². The van der Waals surface area contributed by atoms with Gasteiger partial charge in [0.15, 0.2) is 17.0 Å². The number of benzene rings is 1. The van der Waals surface area contributed by atoms with Gasteiger partial charge in [-0.25, -0.2) is 15.0 Å². The highest BCUT2D eigenvalue weighted by molar-refractivity contribution is 6.04. The minimum Gasteiger partial charge on any atom is -0.491 e. The summed E-state index contributed by atoms with van der Waals surface area (Å²) in [6.45, 7) is 13.8. The number of nitrogens with two attached hydrogens (primary N) is 2. The number of aryl methyl sites for hydroxylation is 6. The Labute approximate surface area is 345 Å². The van der Waals surface area contributed by atoms with Crippen LogP contribution < -0.4 is 26.8 Å². The summed E-state index contributed by atoms with van der Waals surface area (Å²) in [5, 5.41) is 14.7. The van der Waals surface area contributed by atoms with E-state index >= 15 is 0 Å². The van der Waals surface area contributed by atoms with Crippen molar-refractivity contribution >= 4 is 57.7 Å². The predicted octanol–water partition coefficient (Wildman–Crippen LogP) is 3.11. The van der Waals surface area contributed by atoms with E-state index in [9.17, 15) is 19.2 Å². The highest BCUT2D eigenvalue weighted by atomic mass is 16.5. The largest absolute Gasteiger partial charge is 0.491 e. The van der Waals surface area contributed by atoms with E-state index in [1.165, 1.54) is 12.3 Å². The number of fused-ring (bicyclic) bond motifs is 2. The summed E-state index contributed by atoms with van der Waals surface area (Å²) in [6.07, 6.45) is 3.19. The van der Waals surface area contributed by atoms with Crippen LogP contribution in [0.2, 0.25) is 0 Å². The molecule has 6 N–H and O–H groups in total. The topological polar surface area (TPSA) is 250 Å². The summed E-state index contributed by atoms with van der Waals surface area (Å²) in [6, 6.07) is 8.14. The first kappa shape index (κ1) is 41.5. The molecule has 0 aliphatic carbocycles. The third-order valence-corrected chi connectivity index (χ3v) is 10.4. The fourth-order valence-corrected chi connectivity index (χ4v) is 7.30. The Morgan fingerprint density at radius 2 is 1.30 bits per heavy atom. The monoisotopic (exact) mass is 822 g/mol. The number of rotatable bonds is 18. The Balaban J connectivity index is 1.17. The first-order chi connectivity index (χ1) is 28.9. The summed E-state index contributed by atoms with van der Waals surface area (Å²) < 4.78 is 18.9. The van der Waals surface area contributed by atoms with Crippen molar-refractivity contribution in [2.75, 3.05) is 50.1 Å². The standard InChI is InChI=1S/C40H50N14O6/c1-5-53-24(3)18-30(48-53)37(57)46-39-44-28-20-26(34(41)55)22-32(60-15-9-10-50-13-16-59-17-14-50)33(28)51(39)11-7-8-12-52-36-29(21-27(23-43-36)35(42)56)45-40(52)47-38(58)31-19-25(4)54(6-2)49-31/h18-23H,5-17H2,1-4H3,(H2,41,55)(H2,42,56)(H,44,46,57)(H,45,47,58). The lowest BCUT2D eigenvalue weighted by Gasteiger charge is -2.26. The molecule has 1 aliphatic heterocycles. The van der Waals surface area contributed by atoms with Crippen LogP contribution >= 0.6 is 0 Å². The molecule has 1 saturated heterocycles. The van der Waals surface area contributed by atoms with Crippen molar-refractivity contribution in [1.82, 2.24) is 48.5 Å². The number of unbranched alkanes of at least 4 members (excludes halogenated alkanes) is 1. The average Bonchev–Trinajstić information content (AvgIpc) is 4.00. The number of carbonyl (C=O) groups excluding carboxylic acids is 4. The molecule has 0 bridgehead atoms. The van der Waals surface area contributed by atoms with Crippen LogP contribution in [0, 0.1) is 13.8 Å². The average molecular weight is 823 g/mol. The van der Waals surface area contributed by atoms with Crippen molar-refractivity contribution in [2.24, 2.45) is 11.5 Å². The van der Waals surface area contributed by atoms with Crippen LogP contribution in [-0.4, -0.2) is 112 Å². The van der Waals surface area contributed by atoms with Gasteiger partial charge in [0.2, 0.25) is 23.7 Å². The van der Waals surface area contributed by atoms with Crippen molar-refractivity contribution in [3.8, 4) is 5.75 Å². The molecule has 1 fully saturated rings. The summed E-state index contributed by atoms with van der Waals surface area (Å²) >= 11 is 0. The molecule has 1 aliphatic rings. The summed E-state index contributed by atoms with van der Waals surface area (Å²) in [5.41, 5.74) is 15.7. The van der Waals surface area contributed by atoms with Gasteiger partial charge in [0.25, 0.3) is 11.8 Å². The van der Waals surface area contributed by atoms with Gasteiger partial charge in [-0.3, -0.25) is 48.6 Å². The normalized spacial score (nSPS) is 13.3. The van der Waals surface area contributed by atoms with E-state index in [0.717, 1.165) is 37.4 Å². The Hall–Kier alpha value is -6.67. The zero-order valence-electron chi connectivity index (χ0n) is 34.2. The summed E-state index contributed by atoms with van der Waals surface area (Å²) in [7, 11) is 0. The molecule has 0 atom stereocenters.